The van der Waals surface area contributed by atoms with Crippen LogP contribution in [0.25, 0.3) is 0 Å². The molecule has 1 amide bonds. The minimum absolute atomic E-state index is 0. The zero-order valence-corrected chi connectivity index (χ0v) is 15.2. The van der Waals surface area contributed by atoms with Crippen molar-refractivity contribution in [3.05, 3.63) is 27.8 Å². The van der Waals surface area contributed by atoms with E-state index in [2.05, 4.69) is 27.9 Å². The van der Waals surface area contributed by atoms with E-state index in [1.165, 1.54) is 3.57 Å². The van der Waals surface area contributed by atoms with Gasteiger partial charge in [0, 0.05) is 29.6 Å². The Labute approximate surface area is 146 Å². The topological polar surface area (TPSA) is 41.6 Å². The molecule has 1 heterocycles. The third-order valence-electron chi connectivity index (χ3n) is 3.59. The summed E-state index contributed by atoms with van der Waals surface area (Å²) in [5, 5.41) is 3.28. The average molecular weight is 425 g/mol. The van der Waals surface area contributed by atoms with Crippen LogP contribution in [0.4, 0.5) is 0 Å². The lowest BCUT2D eigenvalue weighted by molar-refractivity contribution is -0.131. The Morgan fingerprint density at radius 3 is 2.76 bits per heavy atom. The molecule has 6 heteroatoms. The molecule has 0 aromatic heterocycles. The van der Waals surface area contributed by atoms with Gasteiger partial charge in [-0.05, 0) is 66.2 Å². The SMILES string of the molecule is CN(C(=O)CCCOc1ccc(I)cc1)C1CCNC1.Cl. The summed E-state index contributed by atoms with van der Waals surface area (Å²) in [7, 11) is 1.90. The molecule has 0 aliphatic carbocycles. The molecule has 1 aromatic carbocycles. The second-order valence-electron chi connectivity index (χ2n) is 5.06. The van der Waals surface area contributed by atoms with Crippen molar-refractivity contribution in [2.45, 2.75) is 25.3 Å². The van der Waals surface area contributed by atoms with Gasteiger partial charge in [-0.3, -0.25) is 4.79 Å². The van der Waals surface area contributed by atoms with Gasteiger partial charge in [0.15, 0.2) is 0 Å². The number of hydrogen-bond acceptors (Lipinski definition) is 3. The van der Waals surface area contributed by atoms with Crippen molar-refractivity contribution in [1.29, 1.82) is 0 Å². The zero-order valence-electron chi connectivity index (χ0n) is 12.2. The van der Waals surface area contributed by atoms with Gasteiger partial charge in [0.25, 0.3) is 0 Å². The van der Waals surface area contributed by atoms with E-state index < -0.39 is 0 Å². The predicted octanol–water partition coefficient (Wildman–Crippen LogP) is 2.69. The largest absolute Gasteiger partial charge is 0.494 e. The maximum atomic E-state index is 12.0. The standard InChI is InChI=1S/C15H21IN2O2.ClH/c1-18(13-8-9-17-11-13)15(19)3-2-10-20-14-6-4-12(16)5-7-14;/h4-7,13,17H,2-3,8-11H2,1H3;1H. The minimum atomic E-state index is 0. The van der Waals surface area contributed by atoms with E-state index in [1.54, 1.807) is 0 Å². The molecule has 0 saturated carbocycles. The van der Waals surface area contributed by atoms with Crippen molar-refractivity contribution >= 4 is 40.9 Å². The van der Waals surface area contributed by atoms with Crippen molar-refractivity contribution in [1.82, 2.24) is 10.2 Å². The number of carbonyl (C=O) groups excluding carboxylic acids is 1. The molecule has 4 nitrogen and oxygen atoms in total. The van der Waals surface area contributed by atoms with Crippen LogP contribution in [-0.2, 0) is 4.79 Å². The number of carbonyl (C=O) groups is 1. The van der Waals surface area contributed by atoms with Crippen molar-refractivity contribution in [3.63, 3.8) is 0 Å². The molecule has 1 N–H and O–H groups in total. The van der Waals surface area contributed by atoms with Crippen LogP contribution in [0.1, 0.15) is 19.3 Å². The van der Waals surface area contributed by atoms with E-state index in [-0.39, 0.29) is 18.3 Å². The van der Waals surface area contributed by atoms with E-state index in [0.717, 1.165) is 31.7 Å². The summed E-state index contributed by atoms with van der Waals surface area (Å²) in [4.78, 5) is 13.9. The fourth-order valence-electron chi connectivity index (χ4n) is 2.29. The quantitative estimate of drug-likeness (QED) is 0.564. The molecule has 0 radical (unpaired) electrons. The van der Waals surface area contributed by atoms with Crippen molar-refractivity contribution < 1.29 is 9.53 Å². The van der Waals surface area contributed by atoms with E-state index in [4.69, 9.17) is 4.74 Å². The lowest BCUT2D eigenvalue weighted by Gasteiger charge is -2.23. The number of rotatable bonds is 6. The monoisotopic (exact) mass is 424 g/mol. The summed E-state index contributed by atoms with van der Waals surface area (Å²) in [6, 6.07) is 8.31. The van der Waals surface area contributed by atoms with Crippen LogP contribution in [-0.4, -0.2) is 43.6 Å². The van der Waals surface area contributed by atoms with Crippen LogP contribution in [0.2, 0.25) is 0 Å². The molecule has 1 aliphatic rings. The number of halogens is 2. The molecule has 0 spiro atoms. The number of amides is 1. The highest BCUT2D eigenvalue weighted by Crippen LogP contribution is 2.14. The van der Waals surface area contributed by atoms with Crippen molar-refractivity contribution in [2.24, 2.45) is 0 Å². The fourth-order valence-corrected chi connectivity index (χ4v) is 2.65. The van der Waals surface area contributed by atoms with E-state index in [9.17, 15) is 4.79 Å². The van der Waals surface area contributed by atoms with Crippen LogP contribution < -0.4 is 10.1 Å². The maximum Gasteiger partial charge on any atom is 0.222 e. The average Bonchev–Trinajstić information content (AvgIpc) is 2.98. The van der Waals surface area contributed by atoms with Crippen LogP contribution in [0, 0.1) is 3.57 Å². The molecule has 21 heavy (non-hydrogen) atoms. The highest BCUT2D eigenvalue weighted by molar-refractivity contribution is 14.1. The second kappa shape index (κ2) is 9.48. The summed E-state index contributed by atoms with van der Waals surface area (Å²) in [6.07, 6.45) is 2.37. The normalized spacial score (nSPS) is 17.1. The van der Waals surface area contributed by atoms with Gasteiger partial charge in [-0.15, -0.1) is 12.4 Å². The lowest BCUT2D eigenvalue weighted by Crippen LogP contribution is -2.38. The summed E-state index contributed by atoms with van der Waals surface area (Å²) >= 11 is 2.26. The van der Waals surface area contributed by atoms with E-state index in [1.807, 2.05) is 36.2 Å². The summed E-state index contributed by atoms with van der Waals surface area (Å²) in [5.74, 6) is 1.08. The first-order chi connectivity index (χ1) is 9.66. The van der Waals surface area contributed by atoms with Gasteiger partial charge >= 0.3 is 0 Å². The van der Waals surface area contributed by atoms with Gasteiger partial charge in [-0.2, -0.15) is 0 Å². The number of nitrogens with one attached hydrogen (secondary N) is 1. The Hall–Kier alpha value is -0.530. The second-order valence-corrected chi connectivity index (χ2v) is 6.30. The minimum Gasteiger partial charge on any atom is -0.494 e. The first-order valence-electron chi connectivity index (χ1n) is 7.01. The Balaban J connectivity index is 0.00000220. The number of ether oxygens (including phenoxy) is 1. The third kappa shape index (κ3) is 6.00. The fraction of sp³-hybridized carbons (Fsp3) is 0.533. The molecule has 1 unspecified atom stereocenters. The van der Waals surface area contributed by atoms with Gasteiger partial charge in [0.1, 0.15) is 5.75 Å². The summed E-state index contributed by atoms with van der Waals surface area (Å²) in [6.45, 7) is 2.52. The molecule has 2 rings (SSSR count). The van der Waals surface area contributed by atoms with Gasteiger partial charge in [-0.25, -0.2) is 0 Å². The maximum absolute atomic E-state index is 12.0. The molecule has 1 saturated heterocycles. The molecule has 1 fully saturated rings. The number of nitrogens with zero attached hydrogens (tertiary/aromatic N) is 1. The smallest absolute Gasteiger partial charge is 0.222 e. The Bertz CT molecular complexity index is 436. The Morgan fingerprint density at radius 2 is 2.14 bits per heavy atom. The van der Waals surface area contributed by atoms with E-state index >= 15 is 0 Å². The molecule has 1 aliphatic heterocycles. The lowest BCUT2D eigenvalue weighted by atomic mass is 10.2. The molecule has 1 aromatic rings. The summed E-state index contributed by atoms with van der Waals surface area (Å²) < 4.78 is 6.82. The molecular formula is C15H22ClIN2O2. The van der Waals surface area contributed by atoms with Gasteiger partial charge in [0.05, 0.1) is 6.61 Å². The highest BCUT2D eigenvalue weighted by Gasteiger charge is 2.22. The van der Waals surface area contributed by atoms with Crippen LogP contribution >= 0.6 is 35.0 Å². The number of hydrogen-bond donors (Lipinski definition) is 1. The van der Waals surface area contributed by atoms with Gasteiger partial charge < -0.3 is 15.0 Å². The Kier molecular flexibility index (Phi) is 8.36. The van der Waals surface area contributed by atoms with Gasteiger partial charge in [0.2, 0.25) is 5.91 Å². The zero-order chi connectivity index (χ0) is 14.4. The predicted molar refractivity (Wildman–Crippen MR) is 95.2 cm³/mol. The van der Waals surface area contributed by atoms with Crippen LogP contribution in [0.15, 0.2) is 24.3 Å². The molecular weight excluding hydrogens is 403 g/mol. The summed E-state index contributed by atoms with van der Waals surface area (Å²) in [5.41, 5.74) is 0. The molecule has 0 bridgehead atoms. The molecule has 1 atom stereocenters. The van der Waals surface area contributed by atoms with Crippen LogP contribution in [0.5, 0.6) is 5.75 Å². The Morgan fingerprint density at radius 1 is 1.43 bits per heavy atom. The third-order valence-corrected chi connectivity index (χ3v) is 4.31. The van der Waals surface area contributed by atoms with Crippen LogP contribution in [0.3, 0.4) is 0 Å². The van der Waals surface area contributed by atoms with Crippen molar-refractivity contribution in [3.8, 4) is 5.75 Å². The first kappa shape index (κ1) is 18.5. The van der Waals surface area contributed by atoms with Crippen molar-refractivity contribution in [2.75, 3.05) is 26.7 Å². The first-order valence-corrected chi connectivity index (χ1v) is 8.09. The highest BCUT2D eigenvalue weighted by atomic mass is 127. The van der Waals surface area contributed by atoms with Gasteiger partial charge in [-0.1, -0.05) is 0 Å². The molecule has 118 valence electrons. The van der Waals surface area contributed by atoms with E-state index in [0.29, 0.717) is 19.1 Å². The number of likely N-dealkylation sites (N-methyl/N-ethyl adjacent to an activating group) is 1. The number of benzene rings is 1.